The van der Waals surface area contributed by atoms with E-state index in [-0.39, 0.29) is 5.82 Å². The minimum absolute atomic E-state index is 0.203. The maximum absolute atomic E-state index is 13.0. The molecule has 1 aromatic carbocycles. The van der Waals surface area contributed by atoms with Gasteiger partial charge < -0.3 is 20.3 Å². The number of aliphatic imine (C=N–C) groups is 1. The number of benzene rings is 1. The van der Waals surface area contributed by atoms with E-state index >= 15 is 0 Å². The second-order valence-corrected chi connectivity index (χ2v) is 5.81. The lowest BCUT2D eigenvalue weighted by atomic mass is 10.1. The molecule has 0 radical (unpaired) electrons. The summed E-state index contributed by atoms with van der Waals surface area (Å²) in [6.45, 7) is 5.49. The summed E-state index contributed by atoms with van der Waals surface area (Å²) in [5.41, 5.74) is 8.46. The van der Waals surface area contributed by atoms with Gasteiger partial charge in [-0.05, 0) is 36.3 Å². The van der Waals surface area contributed by atoms with Gasteiger partial charge in [0.25, 0.3) is 0 Å². The highest BCUT2D eigenvalue weighted by atomic mass is 19.1. The molecule has 0 aliphatic carbocycles. The minimum atomic E-state index is -0.203. The van der Waals surface area contributed by atoms with Gasteiger partial charge in [-0.15, -0.1) is 0 Å². The molecular weight excluding hydrogens is 295 g/mol. The van der Waals surface area contributed by atoms with E-state index in [1.54, 1.807) is 0 Å². The Morgan fingerprint density at radius 2 is 1.91 bits per heavy atom. The Morgan fingerprint density at radius 3 is 2.57 bits per heavy atom. The molecule has 0 aromatic heterocycles. The second-order valence-electron chi connectivity index (χ2n) is 5.81. The summed E-state index contributed by atoms with van der Waals surface area (Å²) in [4.78, 5) is 8.86. The van der Waals surface area contributed by atoms with E-state index in [1.807, 2.05) is 12.1 Å². The number of guanidine groups is 1. The van der Waals surface area contributed by atoms with Crippen molar-refractivity contribution in [1.82, 2.24) is 4.90 Å². The molecule has 124 valence electrons. The van der Waals surface area contributed by atoms with Gasteiger partial charge in [0, 0.05) is 31.9 Å². The summed E-state index contributed by atoms with van der Waals surface area (Å²) in [6.07, 6.45) is 3.03. The molecule has 0 unspecified atom stereocenters. The first-order chi connectivity index (χ1) is 11.2. The number of nitrogens with zero attached hydrogens (tertiary/aromatic N) is 3. The fraction of sp³-hybridized carbons (Fsp3) is 0.471. The van der Waals surface area contributed by atoms with Crippen molar-refractivity contribution in [1.29, 1.82) is 0 Å². The van der Waals surface area contributed by atoms with Gasteiger partial charge in [-0.3, -0.25) is 0 Å². The third kappa shape index (κ3) is 4.22. The van der Waals surface area contributed by atoms with E-state index in [0.29, 0.717) is 19.1 Å². The Balaban J connectivity index is 1.51. The quantitative estimate of drug-likeness (QED) is 0.523. The van der Waals surface area contributed by atoms with Gasteiger partial charge in [-0.25, -0.2) is 9.38 Å². The first kappa shape index (κ1) is 15.8. The number of piperazine rings is 1. The summed E-state index contributed by atoms with van der Waals surface area (Å²) in [5.74, 6) is 0.405. The Labute approximate surface area is 136 Å². The molecule has 1 saturated heterocycles. The largest absolute Gasteiger partial charge is 0.377 e. The van der Waals surface area contributed by atoms with Crippen LogP contribution in [0, 0.1) is 5.82 Å². The van der Waals surface area contributed by atoms with Crippen LogP contribution in [0.1, 0.15) is 6.42 Å². The van der Waals surface area contributed by atoms with Crippen molar-refractivity contribution >= 4 is 11.6 Å². The first-order valence-electron chi connectivity index (χ1n) is 8.03. The van der Waals surface area contributed by atoms with Gasteiger partial charge in [-0.2, -0.15) is 0 Å². The number of halogens is 1. The van der Waals surface area contributed by atoms with Gasteiger partial charge in [0.15, 0.2) is 5.96 Å². The fourth-order valence-electron chi connectivity index (χ4n) is 2.84. The lowest BCUT2D eigenvalue weighted by molar-refractivity contribution is 0.154. The Hall–Kier alpha value is -2.08. The van der Waals surface area contributed by atoms with Gasteiger partial charge >= 0.3 is 0 Å². The lowest BCUT2D eigenvalue weighted by Crippen LogP contribution is -2.51. The van der Waals surface area contributed by atoms with Crippen LogP contribution in [0.4, 0.5) is 10.1 Å². The van der Waals surface area contributed by atoms with E-state index in [9.17, 15) is 4.39 Å². The number of hydrogen-bond donors (Lipinski definition) is 1. The molecule has 1 fully saturated rings. The van der Waals surface area contributed by atoms with Crippen molar-refractivity contribution in [2.75, 3.05) is 50.8 Å². The van der Waals surface area contributed by atoms with E-state index in [4.69, 9.17) is 10.5 Å². The molecule has 5 nitrogen and oxygen atoms in total. The van der Waals surface area contributed by atoms with Crippen LogP contribution in [-0.2, 0) is 4.74 Å². The van der Waals surface area contributed by atoms with Crippen LogP contribution in [0.3, 0.4) is 0 Å². The number of hydrogen-bond acceptors (Lipinski definition) is 3. The van der Waals surface area contributed by atoms with E-state index in [2.05, 4.69) is 20.9 Å². The van der Waals surface area contributed by atoms with Crippen molar-refractivity contribution in [3.8, 4) is 0 Å². The summed E-state index contributed by atoms with van der Waals surface area (Å²) < 4.78 is 18.3. The molecule has 2 heterocycles. The van der Waals surface area contributed by atoms with Crippen molar-refractivity contribution < 1.29 is 9.13 Å². The van der Waals surface area contributed by atoms with Crippen LogP contribution in [-0.4, -0.2) is 56.8 Å². The monoisotopic (exact) mass is 318 g/mol. The van der Waals surface area contributed by atoms with E-state index < -0.39 is 0 Å². The maximum Gasteiger partial charge on any atom is 0.191 e. The van der Waals surface area contributed by atoms with E-state index in [0.717, 1.165) is 44.9 Å². The zero-order chi connectivity index (χ0) is 16.1. The van der Waals surface area contributed by atoms with Crippen LogP contribution in [0.15, 0.2) is 40.9 Å². The molecule has 2 aliphatic heterocycles. The summed E-state index contributed by atoms with van der Waals surface area (Å²) in [7, 11) is 0. The number of ether oxygens (including phenoxy) is 1. The van der Waals surface area contributed by atoms with Crippen molar-refractivity contribution in [3.05, 3.63) is 41.7 Å². The van der Waals surface area contributed by atoms with Crippen molar-refractivity contribution in [2.24, 2.45) is 10.7 Å². The van der Waals surface area contributed by atoms with Gasteiger partial charge in [0.05, 0.1) is 19.8 Å². The molecule has 0 saturated carbocycles. The minimum Gasteiger partial charge on any atom is -0.377 e. The van der Waals surface area contributed by atoms with E-state index in [1.165, 1.54) is 17.7 Å². The number of rotatable bonds is 3. The molecule has 1 aromatic rings. The van der Waals surface area contributed by atoms with Crippen LogP contribution < -0.4 is 10.6 Å². The number of nitrogens with two attached hydrogens (primary N) is 1. The Kier molecular flexibility index (Phi) is 5.12. The van der Waals surface area contributed by atoms with Crippen LogP contribution in [0.2, 0.25) is 0 Å². The molecule has 0 bridgehead atoms. The highest BCUT2D eigenvalue weighted by molar-refractivity contribution is 5.78. The maximum atomic E-state index is 13.0. The average Bonchev–Trinajstić information content (AvgIpc) is 2.61. The molecule has 2 N–H and O–H groups in total. The zero-order valence-corrected chi connectivity index (χ0v) is 13.2. The molecule has 2 aliphatic rings. The zero-order valence-electron chi connectivity index (χ0n) is 13.2. The predicted octanol–water partition coefficient (Wildman–Crippen LogP) is 1.61. The molecule has 6 heteroatoms. The van der Waals surface area contributed by atoms with Gasteiger partial charge in [0.1, 0.15) is 5.82 Å². The van der Waals surface area contributed by atoms with Crippen LogP contribution in [0.25, 0.3) is 0 Å². The molecule has 23 heavy (non-hydrogen) atoms. The predicted molar refractivity (Wildman–Crippen MR) is 90.2 cm³/mol. The normalized spacial score (nSPS) is 19.7. The fourth-order valence-corrected chi connectivity index (χ4v) is 2.84. The topological polar surface area (TPSA) is 54.1 Å². The van der Waals surface area contributed by atoms with Crippen LogP contribution >= 0.6 is 0 Å². The smallest absolute Gasteiger partial charge is 0.191 e. The third-order valence-corrected chi connectivity index (χ3v) is 4.30. The summed E-state index contributed by atoms with van der Waals surface area (Å²) in [5, 5.41) is 0. The third-order valence-electron chi connectivity index (χ3n) is 4.30. The molecule has 0 atom stereocenters. The Bertz CT molecular complexity index is 577. The lowest BCUT2D eigenvalue weighted by Gasteiger charge is -2.36. The second kappa shape index (κ2) is 7.46. The summed E-state index contributed by atoms with van der Waals surface area (Å²) in [6, 6.07) is 6.64. The molecule has 0 spiro atoms. The van der Waals surface area contributed by atoms with Crippen molar-refractivity contribution in [3.63, 3.8) is 0 Å². The molecule has 3 rings (SSSR count). The number of anilines is 1. The standard InChI is InChI=1S/C17H23FN4O/c18-15-1-3-16(4-2-15)21-7-9-22(10-8-21)17(19)20-13-14-5-11-23-12-6-14/h1-5H,6-13H2,(H2,19,20). The van der Waals surface area contributed by atoms with Gasteiger partial charge in [0.2, 0.25) is 0 Å². The first-order valence-corrected chi connectivity index (χ1v) is 8.03. The van der Waals surface area contributed by atoms with Crippen LogP contribution in [0.5, 0.6) is 0 Å². The molecule has 0 amide bonds. The SMILES string of the molecule is NC(=NCC1=CCOCC1)N1CCN(c2ccc(F)cc2)CC1. The van der Waals surface area contributed by atoms with Gasteiger partial charge in [-0.1, -0.05) is 6.08 Å². The highest BCUT2D eigenvalue weighted by Gasteiger charge is 2.18. The average molecular weight is 318 g/mol. The molecular formula is C17H23FN4O. The van der Waals surface area contributed by atoms with Crippen molar-refractivity contribution in [2.45, 2.75) is 6.42 Å². The highest BCUT2D eigenvalue weighted by Crippen LogP contribution is 2.17. The Morgan fingerprint density at radius 1 is 1.17 bits per heavy atom. The summed E-state index contributed by atoms with van der Waals surface area (Å²) >= 11 is 0.